The quantitative estimate of drug-likeness (QED) is 0.430. The number of rotatable bonds is 5. The van der Waals surface area contributed by atoms with Gasteiger partial charge in [-0.3, -0.25) is 0 Å². The van der Waals surface area contributed by atoms with E-state index in [0.717, 1.165) is 0 Å². The molecular weight excluding hydrogens is 307 g/mol. The van der Waals surface area contributed by atoms with Crippen LogP contribution in [0.3, 0.4) is 0 Å². The number of carboxylic acids is 1. The summed E-state index contributed by atoms with van der Waals surface area (Å²) >= 11 is 12.0. The normalized spacial score (nSPS) is 12.2. The lowest BCUT2D eigenvalue weighted by atomic mass is 10.2. The van der Waals surface area contributed by atoms with E-state index >= 15 is 0 Å². The van der Waals surface area contributed by atoms with Gasteiger partial charge in [0.1, 0.15) is 0 Å². The molecule has 0 aliphatic rings. The van der Waals surface area contributed by atoms with Crippen LogP contribution in [0.4, 0.5) is 0 Å². The van der Waals surface area contributed by atoms with Gasteiger partial charge >= 0.3 is 5.97 Å². The summed E-state index contributed by atoms with van der Waals surface area (Å²) in [6.45, 7) is 1.36. The third-order valence-corrected chi connectivity index (χ3v) is 2.60. The average molecular weight is 319 g/mol. The molecule has 1 aromatic carbocycles. The van der Waals surface area contributed by atoms with Crippen molar-refractivity contribution in [3.05, 3.63) is 27.7 Å². The minimum atomic E-state index is -1.13. The molecule has 1 unspecified atom stereocenters. The van der Waals surface area contributed by atoms with Gasteiger partial charge in [-0.1, -0.05) is 23.2 Å². The van der Waals surface area contributed by atoms with Crippen LogP contribution in [0.2, 0.25) is 10.0 Å². The van der Waals surface area contributed by atoms with E-state index in [0.29, 0.717) is 5.56 Å². The average Bonchev–Trinajstić information content (AvgIpc) is 2.32. The van der Waals surface area contributed by atoms with Crippen LogP contribution in [-0.2, 0) is 4.79 Å². The van der Waals surface area contributed by atoms with Crippen molar-refractivity contribution < 1.29 is 14.6 Å². The van der Waals surface area contributed by atoms with Crippen LogP contribution >= 0.6 is 23.2 Å². The molecule has 0 aliphatic heterocycles. The fraction of sp³-hybridized carbons (Fsp3) is 0.182. The highest BCUT2D eigenvalue weighted by molar-refractivity contribution is 6.37. The molecule has 7 nitrogen and oxygen atoms in total. The molecule has 0 saturated carbocycles. The van der Waals surface area contributed by atoms with Crippen LogP contribution in [0.15, 0.2) is 22.3 Å². The molecule has 1 rings (SSSR count). The molecule has 0 spiro atoms. The Balaban J connectivity index is 3.00. The Labute approximate surface area is 124 Å². The van der Waals surface area contributed by atoms with E-state index in [-0.39, 0.29) is 21.8 Å². The van der Waals surface area contributed by atoms with Crippen molar-refractivity contribution in [1.29, 1.82) is 0 Å². The first-order valence-corrected chi connectivity index (χ1v) is 6.07. The number of aliphatic carboxylic acids is 1. The number of hydrogen-bond donors (Lipinski definition) is 3. The molecule has 1 atom stereocenters. The molecule has 0 amide bonds. The molecule has 0 saturated heterocycles. The van der Waals surface area contributed by atoms with Crippen molar-refractivity contribution in [3.8, 4) is 5.75 Å². The first-order valence-electron chi connectivity index (χ1n) is 5.31. The zero-order chi connectivity index (χ0) is 15.3. The van der Waals surface area contributed by atoms with Gasteiger partial charge in [0, 0.05) is 0 Å². The molecular formula is C11H12Cl2N4O3. The standard InChI is InChI=1S/C11H12Cl2N4O3/c1-5(10(18)19)20-9-7(12)2-6(3-8(9)13)4-16-17-11(14)15/h2-5H,1H3,(H,18,19)(H4,14,15,17). The number of carbonyl (C=O) groups is 1. The molecule has 0 aromatic heterocycles. The monoisotopic (exact) mass is 318 g/mol. The van der Waals surface area contributed by atoms with Gasteiger partial charge in [-0.2, -0.15) is 5.10 Å². The van der Waals surface area contributed by atoms with E-state index in [4.69, 9.17) is 44.5 Å². The van der Waals surface area contributed by atoms with Gasteiger partial charge in [0.25, 0.3) is 0 Å². The van der Waals surface area contributed by atoms with Crippen molar-refractivity contribution in [1.82, 2.24) is 0 Å². The lowest BCUT2D eigenvalue weighted by Gasteiger charge is -2.13. The van der Waals surface area contributed by atoms with Crippen LogP contribution in [0, 0.1) is 0 Å². The summed E-state index contributed by atoms with van der Waals surface area (Å²) in [6, 6.07) is 2.98. The van der Waals surface area contributed by atoms with Crippen molar-refractivity contribution in [2.75, 3.05) is 0 Å². The van der Waals surface area contributed by atoms with Gasteiger partial charge in [0.15, 0.2) is 11.9 Å². The molecule has 9 heteroatoms. The molecule has 0 heterocycles. The first kappa shape index (κ1) is 16.1. The number of ether oxygens (including phenoxy) is 1. The summed E-state index contributed by atoms with van der Waals surface area (Å²) in [7, 11) is 0. The number of nitrogens with two attached hydrogens (primary N) is 2. The molecule has 20 heavy (non-hydrogen) atoms. The van der Waals surface area contributed by atoms with E-state index in [1.54, 1.807) is 0 Å². The third-order valence-electron chi connectivity index (χ3n) is 2.04. The molecule has 0 radical (unpaired) electrons. The van der Waals surface area contributed by atoms with Crippen LogP contribution in [0.5, 0.6) is 5.75 Å². The Kier molecular flexibility index (Phi) is 5.60. The zero-order valence-electron chi connectivity index (χ0n) is 10.4. The van der Waals surface area contributed by atoms with E-state index < -0.39 is 12.1 Å². The molecule has 5 N–H and O–H groups in total. The Hall–Kier alpha value is -1.99. The summed E-state index contributed by atoms with van der Waals surface area (Å²) in [5.41, 5.74) is 10.7. The minimum absolute atomic E-state index is 0.0854. The fourth-order valence-corrected chi connectivity index (χ4v) is 1.75. The summed E-state index contributed by atoms with van der Waals surface area (Å²) in [5.74, 6) is -1.23. The van der Waals surface area contributed by atoms with E-state index in [1.807, 2.05) is 0 Å². The fourth-order valence-electron chi connectivity index (χ4n) is 1.16. The maximum atomic E-state index is 10.7. The second kappa shape index (κ2) is 6.97. The maximum absolute atomic E-state index is 10.7. The maximum Gasteiger partial charge on any atom is 0.344 e. The summed E-state index contributed by atoms with van der Waals surface area (Å²) < 4.78 is 5.16. The predicted molar refractivity (Wildman–Crippen MR) is 77.6 cm³/mol. The molecule has 1 aromatic rings. The Bertz CT molecular complexity index is 548. The largest absolute Gasteiger partial charge is 0.479 e. The zero-order valence-corrected chi connectivity index (χ0v) is 11.9. The van der Waals surface area contributed by atoms with Crippen LogP contribution in [-0.4, -0.2) is 29.4 Å². The van der Waals surface area contributed by atoms with E-state index in [2.05, 4.69) is 10.2 Å². The topological polar surface area (TPSA) is 123 Å². The molecule has 108 valence electrons. The van der Waals surface area contributed by atoms with Crippen molar-refractivity contribution in [3.63, 3.8) is 0 Å². The lowest BCUT2D eigenvalue weighted by molar-refractivity contribution is -0.144. The minimum Gasteiger partial charge on any atom is -0.479 e. The van der Waals surface area contributed by atoms with Gasteiger partial charge in [0.2, 0.25) is 5.96 Å². The van der Waals surface area contributed by atoms with Crippen molar-refractivity contribution in [2.24, 2.45) is 21.7 Å². The molecule has 0 aliphatic carbocycles. The number of benzene rings is 1. The number of nitrogens with zero attached hydrogens (tertiary/aromatic N) is 2. The second-order valence-electron chi connectivity index (χ2n) is 3.68. The van der Waals surface area contributed by atoms with E-state index in [1.165, 1.54) is 25.3 Å². The smallest absolute Gasteiger partial charge is 0.344 e. The highest BCUT2D eigenvalue weighted by atomic mass is 35.5. The number of guanidine groups is 1. The first-order chi connectivity index (χ1) is 9.31. The Morgan fingerprint density at radius 2 is 1.95 bits per heavy atom. The van der Waals surface area contributed by atoms with Gasteiger partial charge in [0.05, 0.1) is 16.3 Å². The Morgan fingerprint density at radius 1 is 1.40 bits per heavy atom. The number of hydrogen-bond acceptors (Lipinski definition) is 4. The predicted octanol–water partition coefficient (Wildman–Crippen LogP) is 1.45. The highest BCUT2D eigenvalue weighted by Gasteiger charge is 2.17. The van der Waals surface area contributed by atoms with Crippen molar-refractivity contribution in [2.45, 2.75) is 13.0 Å². The Morgan fingerprint density at radius 3 is 2.40 bits per heavy atom. The van der Waals surface area contributed by atoms with E-state index in [9.17, 15) is 4.79 Å². The third kappa shape index (κ3) is 4.60. The lowest BCUT2D eigenvalue weighted by Crippen LogP contribution is -2.23. The number of halogens is 2. The molecule has 0 fully saturated rings. The highest BCUT2D eigenvalue weighted by Crippen LogP contribution is 2.34. The van der Waals surface area contributed by atoms with Crippen molar-refractivity contribution >= 4 is 41.3 Å². The van der Waals surface area contributed by atoms with Crippen LogP contribution in [0.25, 0.3) is 0 Å². The number of carboxylic acid groups (broad SMARTS) is 1. The van der Waals surface area contributed by atoms with Gasteiger partial charge in [-0.25, -0.2) is 4.79 Å². The summed E-state index contributed by atoms with van der Waals surface area (Å²) in [6.07, 6.45) is 0.258. The van der Waals surface area contributed by atoms with Crippen LogP contribution in [0.1, 0.15) is 12.5 Å². The molecule has 0 bridgehead atoms. The SMILES string of the molecule is CC(Oc1c(Cl)cc(C=NN=C(N)N)cc1Cl)C(=O)O. The van der Waals surface area contributed by atoms with Crippen LogP contribution < -0.4 is 16.2 Å². The van der Waals surface area contributed by atoms with Gasteiger partial charge in [-0.05, 0) is 24.6 Å². The summed E-state index contributed by atoms with van der Waals surface area (Å²) in [4.78, 5) is 10.7. The van der Waals surface area contributed by atoms with Gasteiger partial charge in [-0.15, -0.1) is 5.10 Å². The van der Waals surface area contributed by atoms with Gasteiger partial charge < -0.3 is 21.3 Å². The second-order valence-corrected chi connectivity index (χ2v) is 4.50. The summed E-state index contributed by atoms with van der Waals surface area (Å²) in [5, 5.41) is 16.1.